The van der Waals surface area contributed by atoms with Crippen molar-refractivity contribution < 1.29 is 21.6 Å². The van der Waals surface area contributed by atoms with Gasteiger partial charge in [-0.2, -0.15) is 18.3 Å². The first-order valence-corrected chi connectivity index (χ1v) is 9.88. The summed E-state index contributed by atoms with van der Waals surface area (Å²) in [6, 6.07) is 6.89. The van der Waals surface area contributed by atoms with Gasteiger partial charge < -0.3 is 4.98 Å². The summed E-state index contributed by atoms with van der Waals surface area (Å²) in [7, 11) is -4.02. The van der Waals surface area contributed by atoms with Gasteiger partial charge in [0.05, 0.1) is 34.2 Å². The van der Waals surface area contributed by atoms with E-state index in [1.165, 1.54) is 0 Å². The molecule has 7 nitrogen and oxygen atoms in total. The zero-order chi connectivity index (χ0) is 20.8. The van der Waals surface area contributed by atoms with Crippen LogP contribution in [0.1, 0.15) is 5.56 Å². The lowest BCUT2D eigenvalue weighted by atomic mass is 10.2. The van der Waals surface area contributed by atoms with E-state index in [0.717, 1.165) is 29.2 Å². The van der Waals surface area contributed by atoms with E-state index in [-0.39, 0.29) is 16.4 Å². The van der Waals surface area contributed by atoms with E-state index < -0.39 is 21.8 Å². The minimum absolute atomic E-state index is 0.0395. The molecule has 0 bridgehead atoms. The van der Waals surface area contributed by atoms with Crippen LogP contribution in [0.3, 0.4) is 0 Å². The van der Waals surface area contributed by atoms with Gasteiger partial charge >= 0.3 is 6.18 Å². The van der Waals surface area contributed by atoms with Crippen molar-refractivity contribution in [2.75, 3.05) is 4.72 Å². The van der Waals surface area contributed by atoms with Gasteiger partial charge in [0, 0.05) is 17.8 Å². The minimum Gasteiger partial charge on any atom is -0.358 e. The first kappa shape index (κ1) is 19.3. The van der Waals surface area contributed by atoms with Crippen LogP contribution in [0, 0.1) is 0 Å². The Balaban J connectivity index is 1.63. The molecule has 0 amide bonds. The first-order chi connectivity index (χ1) is 13.6. The van der Waals surface area contributed by atoms with Gasteiger partial charge in [-0.3, -0.25) is 4.72 Å². The number of halogens is 4. The third-order valence-corrected chi connectivity index (χ3v) is 5.72. The number of fused-ring (bicyclic) bond motifs is 1. The van der Waals surface area contributed by atoms with Crippen LogP contribution in [0.25, 0.3) is 16.7 Å². The fourth-order valence-electron chi connectivity index (χ4n) is 2.67. The van der Waals surface area contributed by atoms with Gasteiger partial charge in [-0.15, -0.1) is 0 Å². The van der Waals surface area contributed by atoms with Crippen molar-refractivity contribution in [3.8, 4) is 5.82 Å². The normalized spacial score (nSPS) is 12.4. The smallest absolute Gasteiger partial charge is 0.358 e. The number of pyridine rings is 1. The van der Waals surface area contributed by atoms with Crippen molar-refractivity contribution in [2.24, 2.45) is 0 Å². The summed E-state index contributed by atoms with van der Waals surface area (Å²) in [5.74, 6) is 0.0395. The number of nitrogens with zero attached hydrogens (tertiary/aromatic N) is 3. The molecule has 3 heterocycles. The number of hydrogen-bond donors (Lipinski definition) is 2. The number of nitrogens with one attached hydrogen (secondary N) is 2. The molecule has 0 aliphatic carbocycles. The van der Waals surface area contributed by atoms with Gasteiger partial charge in [0.15, 0.2) is 5.82 Å². The average Bonchev–Trinajstić information content (AvgIpc) is 3.30. The Hall–Kier alpha value is -3.05. The topological polar surface area (TPSA) is 92.7 Å². The first-order valence-electron chi connectivity index (χ1n) is 8.02. The number of alkyl halides is 3. The molecular weight excluding hydrogens is 431 g/mol. The van der Waals surface area contributed by atoms with Crippen LogP contribution < -0.4 is 4.72 Å². The van der Waals surface area contributed by atoms with E-state index in [4.69, 9.17) is 11.6 Å². The quantitative estimate of drug-likeness (QED) is 0.496. The Labute approximate surface area is 167 Å². The van der Waals surface area contributed by atoms with Gasteiger partial charge in [0.2, 0.25) is 0 Å². The number of H-pyrrole nitrogens is 1. The second-order valence-electron chi connectivity index (χ2n) is 5.99. The molecule has 4 rings (SSSR count). The van der Waals surface area contributed by atoms with Gasteiger partial charge in [0.25, 0.3) is 10.0 Å². The van der Waals surface area contributed by atoms with Gasteiger partial charge in [-0.25, -0.2) is 18.1 Å². The predicted octanol–water partition coefficient (Wildman–Crippen LogP) is 4.22. The maximum absolute atomic E-state index is 12.7. The number of sulfonamides is 1. The highest BCUT2D eigenvalue weighted by Gasteiger charge is 2.30. The number of anilines is 1. The molecule has 1 aromatic carbocycles. The molecule has 12 heteroatoms. The van der Waals surface area contributed by atoms with Crippen molar-refractivity contribution in [3.63, 3.8) is 0 Å². The molecule has 0 aliphatic rings. The van der Waals surface area contributed by atoms with Crippen LogP contribution in [-0.2, 0) is 16.2 Å². The lowest BCUT2D eigenvalue weighted by Gasteiger charge is -2.08. The molecule has 0 saturated carbocycles. The van der Waals surface area contributed by atoms with E-state index in [1.807, 2.05) is 0 Å². The summed E-state index contributed by atoms with van der Waals surface area (Å²) in [5.41, 5.74) is -0.117. The number of aromatic amines is 1. The Kier molecular flexibility index (Phi) is 4.50. The Morgan fingerprint density at radius 2 is 1.93 bits per heavy atom. The van der Waals surface area contributed by atoms with Crippen LogP contribution in [0.2, 0.25) is 5.02 Å². The molecule has 150 valence electrons. The molecule has 0 fully saturated rings. The summed E-state index contributed by atoms with van der Waals surface area (Å²) < 4.78 is 66.8. The Morgan fingerprint density at radius 1 is 1.14 bits per heavy atom. The summed E-state index contributed by atoms with van der Waals surface area (Å²) >= 11 is 6.04. The second kappa shape index (κ2) is 6.78. The molecule has 29 heavy (non-hydrogen) atoms. The lowest BCUT2D eigenvalue weighted by Crippen LogP contribution is -2.12. The highest BCUT2D eigenvalue weighted by atomic mass is 35.5. The highest BCUT2D eigenvalue weighted by molar-refractivity contribution is 7.92. The number of benzene rings is 1. The maximum Gasteiger partial charge on any atom is 0.417 e. The molecule has 4 aromatic rings. The average molecular weight is 442 g/mol. The third-order valence-electron chi connectivity index (χ3n) is 4.09. The van der Waals surface area contributed by atoms with Crippen molar-refractivity contribution in [2.45, 2.75) is 11.1 Å². The second-order valence-corrected chi connectivity index (χ2v) is 8.08. The molecule has 0 unspecified atom stereocenters. The molecule has 0 aliphatic heterocycles. The fourth-order valence-corrected chi connectivity index (χ4v) is 3.88. The van der Waals surface area contributed by atoms with Gasteiger partial charge in [-0.05, 0) is 18.2 Å². The molecule has 3 aromatic heterocycles. The van der Waals surface area contributed by atoms with Crippen molar-refractivity contribution >= 4 is 38.2 Å². The summed E-state index contributed by atoms with van der Waals surface area (Å²) in [6.45, 7) is 0. The SMILES string of the molecule is O=S(=O)(Nc1cccc2c(Cl)c[nH]c12)c1cnn(-c2ccc(C(F)(F)F)cn2)c1. The zero-order valence-electron chi connectivity index (χ0n) is 14.3. The Bertz CT molecular complexity index is 1300. The largest absolute Gasteiger partial charge is 0.417 e. The van der Waals surface area contributed by atoms with Crippen molar-refractivity contribution in [1.29, 1.82) is 0 Å². The standard InChI is InChI=1S/C17H11ClF3N5O2S/c18-13-8-23-16-12(13)2-1-3-14(16)25-29(27,28)11-7-24-26(9-11)15-5-4-10(6-22-15)17(19,20)21/h1-9,23,25H. The number of rotatable bonds is 4. The minimum atomic E-state index is -4.52. The fraction of sp³-hybridized carbons (Fsp3) is 0.0588. The van der Waals surface area contributed by atoms with Crippen LogP contribution in [0.15, 0.2) is 60.0 Å². The van der Waals surface area contributed by atoms with E-state index >= 15 is 0 Å². The lowest BCUT2D eigenvalue weighted by molar-refractivity contribution is -0.137. The maximum atomic E-state index is 12.7. The number of aromatic nitrogens is 4. The molecular formula is C17H11ClF3N5O2S. The number of para-hydroxylation sites is 1. The Morgan fingerprint density at radius 3 is 2.62 bits per heavy atom. The number of hydrogen-bond acceptors (Lipinski definition) is 4. The third kappa shape index (κ3) is 3.66. The molecule has 2 N–H and O–H groups in total. The predicted molar refractivity (Wildman–Crippen MR) is 100 cm³/mol. The molecule has 0 saturated heterocycles. The van der Waals surface area contributed by atoms with E-state index in [1.54, 1.807) is 24.4 Å². The molecule has 0 atom stereocenters. The summed E-state index contributed by atoms with van der Waals surface area (Å²) in [4.78, 5) is 6.40. The summed E-state index contributed by atoms with van der Waals surface area (Å²) in [6.07, 6.45) is -0.101. The molecule has 0 radical (unpaired) electrons. The van der Waals surface area contributed by atoms with Crippen LogP contribution in [-0.4, -0.2) is 28.2 Å². The summed E-state index contributed by atoms with van der Waals surface area (Å²) in [5, 5.41) is 4.97. The van der Waals surface area contributed by atoms with Crippen molar-refractivity contribution in [3.05, 3.63) is 65.7 Å². The zero-order valence-corrected chi connectivity index (χ0v) is 15.8. The molecule has 0 spiro atoms. The van der Waals surface area contributed by atoms with Gasteiger partial charge in [-0.1, -0.05) is 23.7 Å². The van der Waals surface area contributed by atoms with E-state index in [2.05, 4.69) is 19.8 Å². The van der Waals surface area contributed by atoms with Crippen LogP contribution in [0.4, 0.5) is 18.9 Å². The van der Waals surface area contributed by atoms with E-state index in [0.29, 0.717) is 22.1 Å². The highest BCUT2D eigenvalue weighted by Crippen LogP contribution is 2.30. The van der Waals surface area contributed by atoms with E-state index in [9.17, 15) is 21.6 Å². The van der Waals surface area contributed by atoms with Crippen molar-refractivity contribution in [1.82, 2.24) is 19.7 Å². The van der Waals surface area contributed by atoms with Gasteiger partial charge in [0.1, 0.15) is 4.90 Å². The van der Waals surface area contributed by atoms with Crippen LogP contribution >= 0.6 is 11.6 Å². The van der Waals surface area contributed by atoms with Crippen LogP contribution in [0.5, 0.6) is 0 Å². The monoisotopic (exact) mass is 441 g/mol.